The van der Waals surface area contributed by atoms with Crippen molar-refractivity contribution in [2.24, 2.45) is 0 Å². The molecule has 0 aliphatic carbocycles. The number of anilines is 1. The van der Waals surface area contributed by atoms with E-state index in [1.54, 1.807) is 6.92 Å². The summed E-state index contributed by atoms with van der Waals surface area (Å²) in [6.45, 7) is 1.70. The molecule has 0 fully saturated rings. The first kappa shape index (κ1) is 28.3. The van der Waals surface area contributed by atoms with Gasteiger partial charge in [0.25, 0.3) is 0 Å². The fraction of sp³-hybridized carbons (Fsp3) is 0.259. The lowest BCUT2D eigenvalue weighted by Gasteiger charge is -2.33. The Balaban J connectivity index is 2.02. The number of hydrogen-bond acceptors (Lipinski definition) is 4. The Hall–Kier alpha value is -3.24. The number of nitrogens with zero attached hydrogens (tertiary/aromatic N) is 2. The second-order valence-electron chi connectivity index (χ2n) is 8.49. The molecule has 10 heteroatoms. The zero-order valence-corrected chi connectivity index (χ0v) is 23.0. The number of halogens is 2. The first-order chi connectivity index (χ1) is 17.6. The molecule has 0 radical (unpaired) electrons. The van der Waals surface area contributed by atoms with Crippen LogP contribution in [0.3, 0.4) is 0 Å². The molecule has 2 amide bonds. The van der Waals surface area contributed by atoms with Crippen molar-refractivity contribution in [3.63, 3.8) is 0 Å². The molecule has 196 valence electrons. The van der Waals surface area contributed by atoms with Crippen LogP contribution < -0.4 is 9.62 Å². The average Bonchev–Trinajstić information content (AvgIpc) is 2.86. The summed E-state index contributed by atoms with van der Waals surface area (Å²) in [5.41, 5.74) is 1.77. The molecule has 0 aliphatic rings. The number of carbonyl (C=O) groups is 2. The van der Waals surface area contributed by atoms with Crippen LogP contribution in [-0.4, -0.2) is 50.5 Å². The highest BCUT2D eigenvalue weighted by Gasteiger charge is 2.32. The van der Waals surface area contributed by atoms with Gasteiger partial charge < -0.3 is 10.2 Å². The third-order valence-electron chi connectivity index (χ3n) is 5.68. The Morgan fingerprint density at radius 3 is 2.14 bits per heavy atom. The van der Waals surface area contributed by atoms with Gasteiger partial charge in [0.05, 0.1) is 11.9 Å². The maximum atomic E-state index is 13.8. The van der Waals surface area contributed by atoms with Crippen LogP contribution in [0.1, 0.15) is 18.1 Å². The van der Waals surface area contributed by atoms with Gasteiger partial charge in [0.2, 0.25) is 21.8 Å². The minimum absolute atomic E-state index is 0.0851. The molecule has 7 nitrogen and oxygen atoms in total. The zero-order chi connectivity index (χ0) is 27.0. The number of sulfonamides is 1. The predicted octanol–water partition coefficient (Wildman–Crippen LogP) is 4.13. The van der Waals surface area contributed by atoms with Gasteiger partial charge in [0.15, 0.2) is 0 Å². The molecule has 1 N–H and O–H groups in total. The van der Waals surface area contributed by atoms with E-state index in [4.69, 9.17) is 0 Å². The molecular weight excluding hydrogens is 561 g/mol. The Bertz CT molecular complexity index is 1300. The molecule has 0 aromatic heterocycles. The van der Waals surface area contributed by atoms with E-state index in [-0.39, 0.29) is 24.6 Å². The second-order valence-corrected chi connectivity index (χ2v) is 11.3. The lowest BCUT2D eigenvalue weighted by molar-refractivity contribution is -0.140. The molecule has 0 saturated carbocycles. The molecule has 0 unspecified atom stereocenters. The zero-order valence-electron chi connectivity index (χ0n) is 20.6. The summed E-state index contributed by atoms with van der Waals surface area (Å²) in [5.74, 6) is -1.44. The van der Waals surface area contributed by atoms with Crippen LogP contribution in [-0.2, 0) is 32.6 Å². The van der Waals surface area contributed by atoms with E-state index in [0.29, 0.717) is 6.54 Å². The van der Waals surface area contributed by atoms with E-state index in [9.17, 15) is 22.4 Å². The quantitative estimate of drug-likeness (QED) is 0.364. The third kappa shape index (κ3) is 8.13. The maximum absolute atomic E-state index is 13.8. The Kier molecular flexibility index (Phi) is 9.82. The highest BCUT2D eigenvalue weighted by atomic mass is 79.9. The number of nitrogens with one attached hydrogen (secondary N) is 1. The topological polar surface area (TPSA) is 86.8 Å². The van der Waals surface area contributed by atoms with E-state index in [1.165, 1.54) is 17.0 Å². The van der Waals surface area contributed by atoms with Gasteiger partial charge in [0, 0.05) is 24.0 Å². The van der Waals surface area contributed by atoms with Crippen LogP contribution in [0.15, 0.2) is 83.3 Å². The fourth-order valence-corrected chi connectivity index (χ4v) is 4.97. The first-order valence-corrected chi connectivity index (χ1v) is 14.3. The van der Waals surface area contributed by atoms with Crippen LogP contribution in [0.25, 0.3) is 0 Å². The molecule has 0 spiro atoms. The van der Waals surface area contributed by atoms with Gasteiger partial charge in [-0.3, -0.25) is 13.9 Å². The highest BCUT2D eigenvalue weighted by Crippen LogP contribution is 2.21. The molecule has 0 aliphatic heterocycles. The second kappa shape index (κ2) is 12.8. The average molecular weight is 591 g/mol. The maximum Gasteiger partial charge on any atom is 0.244 e. The predicted molar refractivity (Wildman–Crippen MR) is 146 cm³/mol. The van der Waals surface area contributed by atoms with Crippen LogP contribution >= 0.6 is 15.9 Å². The van der Waals surface area contributed by atoms with Crippen molar-refractivity contribution < 1.29 is 22.4 Å². The SMILES string of the molecule is CCNC(=O)[C@H](Cc1ccccc1)N(Cc1ccc(Br)cc1)C(=O)CN(c1ccc(F)cc1)S(C)(=O)=O. The summed E-state index contributed by atoms with van der Waals surface area (Å²) in [6, 6.07) is 20.6. The van der Waals surface area contributed by atoms with Crippen molar-refractivity contribution in [3.8, 4) is 0 Å². The molecule has 0 saturated heterocycles. The third-order valence-corrected chi connectivity index (χ3v) is 7.35. The monoisotopic (exact) mass is 589 g/mol. The van der Waals surface area contributed by atoms with Crippen LogP contribution in [0.2, 0.25) is 0 Å². The number of benzene rings is 3. The summed E-state index contributed by atoms with van der Waals surface area (Å²) in [4.78, 5) is 28.5. The lowest BCUT2D eigenvalue weighted by Crippen LogP contribution is -2.53. The molecule has 1 atom stereocenters. The molecule has 3 aromatic rings. The number of amides is 2. The standard InChI is InChI=1S/C27H29BrFN3O4S/c1-3-30-27(34)25(17-20-7-5-4-6-8-20)31(18-21-9-11-22(28)12-10-21)26(33)19-32(37(2,35)36)24-15-13-23(29)14-16-24/h4-16,25H,3,17-19H2,1-2H3,(H,30,34)/t25-/m0/s1. The largest absolute Gasteiger partial charge is 0.355 e. The normalized spacial score (nSPS) is 12.0. The molecule has 0 heterocycles. The van der Waals surface area contributed by atoms with Crippen molar-refractivity contribution in [2.45, 2.75) is 25.9 Å². The number of hydrogen-bond donors (Lipinski definition) is 1. The van der Waals surface area contributed by atoms with Gasteiger partial charge in [-0.1, -0.05) is 58.4 Å². The molecule has 0 bridgehead atoms. The van der Waals surface area contributed by atoms with E-state index in [0.717, 1.165) is 38.3 Å². The smallest absolute Gasteiger partial charge is 0.244 e. The fourth-order valence-electron chi connectivity index (χ4n) is 3.85. The Morgan fingerprint density at radius 1 is 0.946 bits per heavy atom. The van der Waals surface area contributed by atoms with Crippen molar-refractivity contribution >= 4 is 43.5 Å². The van der Waals surface area contributed by atoms with Crippen LogP contribution in [0, 0.1) is 5.82 Å². The summed E-state index contributed by atoms with van der Waals surface area (Å²) in [6.07, 6.45) is 1.22. The summed E-state index contributed by atoms with van der Waals surface area (Å²) < 4.78 is 40.6. The van der Waals surface area contributed by atoms with Crippen molar-refractivity contribution in [2.75, 3.05) is 23.7 Å². The summed E-state index contributed by atoms with van der Waals surface area (Å²) in [7, 11) is -3.90. The highest BCUT2D eigenvalue weighted by molar-refractivity contribution is 9.10. The van der Waals surface area contributed by atoms with Gasteiger partial charge in [-0.05, 0) is 54.4 Å². The minimum atomic E-state index is -3.90. The number of likely N-dealkylation sites (N-methyl/N-ethyl adjacent to an activating group) is 1. The van der Waals surface area contributed by atoms with E-state index < -0.39 is 34.3 Å². The number of carbonyl (C=O) groups excluding carboxylic acids is 2. The molecule has 37 heavy (non-hydrogen) atoms. The van der Waals surface area contributed by atoms with Crippen molar-refractivity contribution in [3.05, 3.63) is 100 Å². The molecular formula is C27H29BrFN3O4S. The van der Waals surface area contributed by atoms with Crippen molar-refractivity contribution in [1.82, 2.24) is 10.2 Å². The minimum Gasteiger partial charge on any atom is -0.355 e. The first-order valence-electron chi connectivity index (χ1n) is 11.7. The van der Waals surface area contributed by atoms with E-state index >= 15 is 0 Å². The Morgan fingerprint density at radius 2 is 1.57 bits per heavy atom. The van der Waals surface area contributed by atoms with Crippen molar-refractivity contribution in [1.29, 1.82) is 0 Å². The molecule has 3 rings (SSSR count). The van der Waals surface area contributed by atoms with E-state index in [1.807, 2.05) is 54.6 Å². The van der Waals surface area contributed by atoms with Gasteiger partial charge in [-0.2, -0.15) is 0 Å². The van der Waals surface area contributed by atoms with Gasteiger partial charge in [-0.25, -0.2) is 12.8 Å². The van der Waals surface area contributed by atoms with Crippen LogP contribution in [0.5, 0.6) is 0 Å². The van der Waals surface area contributed by atoms with Gasteiger partial charge >= 0.3 is 0 Å². The Labute approximate surface area is 225 Å². The number of rotatable bonds is 11. The van der Waals surface area contributed by atoms with Gasteiger partial charge in [-0.15, -0.1) is 0 Å². The lowest BCUT2D eigenvalue weighted by atomic mass is 10.0. The summed E-state index contributed by atoms with van der Waals surface area (Å²) in [5, 5.41) is 2.80. The van der Waals surface area contributed by atoms with E-state index in [2.05, 4.69) is 21.2 Å². The summed E-state index contributed by atoms with van der Waals surface area (Å²) >= 11 is 3.40. The van der Waals surface area contributed by atoms with Crippen LogP contribution in [0.4, 0.5) is 10.1 Å². The van der Waals surface area contributed by atoms with Gasteiger partial charge in [0.1, 0.15) is 18.4 Å². The molecule has 3 aromatic carbocycles.